The van der Waals surface area contributed by atoms with Gasteiger partial charge in [-0.25, -0.2) is 4.98 Å². The van der Waals surface area contributed by atoms with Gasteiger partial charge >= 0.3 is 0 Å². The third kappa shape index (κ3) is 1.78. The fourth-order valence-corrected chi connectivity index (χ4v) is 2.92. The van der Waals surface area contributed by atoms with Crippen LogP contribution in [0.4, 0.5) is 5.69 Å². The van der Waals surface area contributed by atoms with Gasteiger partial charge in [-0.1, -0.05) is 24.3 Å². The lowest BCUT2D eigenvalue weighted by atomic mass is 9.91. The Kier molecular flexibility index (Phi) is 2.52. The Morgan fingerprint density at radius 2 is 2.10 bits per heavy atom. The molecular weight excluding hydrogens is 248 g/mol. The van der Waals surface area contributed by atoms with Gasteiger partial charge in [0, 0.05) is 12.2 Å². The normalized spacial score (nSPS) is 17.8. The zero-order valence-electron chi connectivity index (χ0n) is 11.4. The molecule has 0 saturated heterocycles. The van der Waals surface area contributed by atoms with E-state index in [1.165, 1.54) is 16.8 Å². The van der Waals surface area contributed by atoms with Gasteiger partial charge in [0.1, 0.15) is 5.52 Å². The SMILES string of the molecule is Cc1ccc2nc(C3CCNc4ccccc43)oc2c1. The van der Waals surface area contributed by atoms with Crippen LogP contribution in [0.1, 0.15) is 29.4 Å². The smallest absolute Gasteiger partial charge is 0.203 e. The van der Waals surface area contributed by atoms with Crippen LogP contribution in [-0.2, 0) is 0 Å². The third-order valence-corrected chi connectivity index (χ3v) is 3.94. The lowest BCUT2D eigenvalue weighted by Crippen LogP contribution is -2.17. The summed E-state index contributed by atoms with van der Waals surface area (Å²) in [4.78, 5) is 4.68. The molecule has 1 N–H and O–H groups in total. The summed E-state index contributed by atoms with van der Waals surface area (Å²) in [5.41, 5.74) is 5.51. The molecule has 3 aromatic rings. The Balaban J connectivity index is 1.84. The van der Waals surface area contributed by atoms with Gasteiger partial charge in [-0.2, -0.15) is 0 Å². The minimum atomic E-state index is 0.250. The molecule has 2 aromatic carbocycles. The summed E-state index contributed by atoms with van der Waals surface area (Å²) in [5.74, 6) is 1.08. The van der Waals surface area contributed by atoms with Gasteiger partial charge in [-0.05, 0) is 42.7 Å². The van der Waals surface area contributed by atoms with Crippen LogP contribution < -0.4 is 5.32 Å². The van der Waals surface area contributed by atoms with Gasteiger partial charge in [-0.3, -0.25) is 0 Å². The monoisotopic (exact) mass is 264 g/mol. The molecule has 20 heavy (non-hydrogen) atoms. The van der Waals surface area contributed by atoms with E-state index in [2.05, 4.69) is 53.6 Å². The van der Waals surface area contributed by atoms with Crippen molar-refractivity contribution >= 4 is 16.8 Å². The van der Waals surface area contributed by atoms with Crippen molar-refractivity contribution in [1.82, 2.24) is 4.98 Å². The first-order chi connectivity index (χ1) is 9.81. The number of hydrogen-bond donors (Lipinski definition) is 1. The Bertz CT molecular complexity index is 776. The van der Waals surface area contributed by atoms with Crippen molar-refractivity contribution in [1.29, 1.82) is 0 Å². The highest BCUT2D eigenvalue weighted by Crippen LogP contribution is 2.36. The van der Waals surface area contributed by atoms with Crippen LogP contribution in [0.5, 0.6) is 0 Å². The Hall–Kier alpha value is -2.29. The Morgan fingerprint density at radius 1 is 1.20 bits per heavy atom. The van der Waals surface area contributed by atoms with E-state index in [0.29, 0.717) is 0 Å². The molecule has 100 valence electrons. The molecular formula is C17H16N2O. The van der Waals surface area contributed by atoms with E-state index in [0.717, 1.165) is 30.0 Å². The second kappa shape index (κ2) is 4.37. The summed E-state index contributed by atoms with van der Waals surface area (Å²) in [7, 11) is 0. The summed E-state index contributed by atoms with van der Waals surface area (Å²) >= 11 is 0. The van der Waals surface area contributed by atoms with Crippen molar-refractivity contribution < 1.29 is 4.42 Å². The molecule has 0 fully saturated rings. The number of fused-ring (bicyclic) bond motifs is 2. The second-order valence-corrected chi connectivity index (χ2v) is 5.38. The molecule has 0 bridgehead atoms. The van der Waals surface area contributed by atoms with Crippen LogP contribution in [0.2, 0.25) is 0 Å². The average molecular weight is 264 g/mol. The number of anilines is 1. The molecule has 3 nitrogen and oxygen atoms in total. The highest BCUT2D eigenvalue weighted by molar-refractivity contribution is 5.73. The van der Waals surface area contributed by atoms with Crippen LogP contribution in [0.15, 0.2) is 46.9 Å². The van der Waals surface area contributed by atoms with Crippen LogP contribution in [-0.4, -0.2) is 11.5 Å². The van der Waals surface area contributed by atoms with E-state index in [1.54, 1.807) is 0 Å². The molecule has 1 aliphatic heterocycles. The van der Waals surface area contributed by atoms with Crippen molar-refractivity contribution in [2.24, 2.45) is 0 Å². The van der Waals surface area contributed by atoms with Gasteiger partial charge in [-0.15, -0.1) is 0 Å². The predicted molar refractivity (Wildman–Crippen MR) is 80.1 cm³/mol. The molecule has 4 rings (SSSR count). The molecule has 3 heteroatoms. The number of nitrogens with zero attached hydrogens (tertiary/aromatic N) is 1. The number of aryl methyl sites for hydroxylation is 1. The minimum absolute atomic E-state index is 0.250. The van der Waals surface area contributed by atoms with E-state index in [4.69, 9.17) is 4.42 Å². The molecule has 1 atom stereocenters. The maximum Gasteiger partial charge on any atom is 0.203 e. The van der Waals surface area contributed by atoms with E-state index < -0.39 is 0 Å². The number of rotatable bonds is 1. The van der Waals surface area contributed by atoms with Crippen LogP contribution in [0, 0.1) is 6.92 Å². The zero-order valence-corrected chi connectivity index (χ0v) is 11.4. The summed E-state index contributed by atoms with van der Waals surface area (Å²) in [6.45, 7) is 3.03. The van der Waals surface area contributed by atoms with Gasteiger partial charge in [0.25, 0.3) is 0 Å². The van der Waals surface area contributed by atoms with Crippen molar-refractivity contribution in [3.8, 4) is 0 Å². The molecule has 1 unspecified atom stereocenters. The summed E-state index contributed by atoms with van der Waals surface area (Å²) in [6, 6.07) is 14.6. The lowest BCUT2D eigenvalue weighted by molar-refractivity contribution is 0.485. The fourth-order valence-electron chi connectivity index (χ4n) is 2.92. The standard InChI is InChI=1S/C17H16N2O/c1-11-6-7-15-16(10-11)20-17(19-15)13-8-9-18-14-5-3-2-4-12(13)14/h2-7,10,13,18H,8-9H2,1H3. The molecule has 0 saturated carbocycles. The van der Waals surface area contributed by atoms with Crippen LogP contribution in [0.25, 0.3) is 11.1 Å². The first-order valence-corrected chi connectivity index (χ1v) is 7.01. The zero-order chi connectivity index (χ0) is 13.5. The highest BCUT2D eigenvalue weighted by Gasteiger charge is 2.25. The number of para-hydroxylation sites is 1. The topological polar surface area (TPSA) is 38.1 Å². The van der Waals surface area contributed by atoms with Crippen LogP contribution >= 0.6 is 0 Å². The second-order valence-electron chi connectivity index (χ2n) is 5.38. The molecule has 0 aliphatic carbocycles. The van der Waals surface area contributed by atoms with Crippen LogP contribution in [0.3, 0.4) is 0 Å². The largest absolute Gasteiger partial charge is 0.440 e. The number of hydrogen-bond acceptors (Lipinski definition) is 3. The van der Waals surface area contributed by atoms with Gasteiger partial charge in [0.05, 0.1) is 5.92 Å². The van der Waals surface area contributed by atoms with E-state index >= 15 is 0 Å². The van der Waals surface area contributed by atoms with E-state index in [-0.39, 0.29) is 5.92 Å². The van der Waals surface area contributed by atoms with Crippen molar-refractivity contribution in [2.75, 3.05) is 11.9 Å². The average Bonchev–Trinajstić information content (AvgIpc) is 2.89. The van der Waals surface area contributed by atoms with Crippen molar-refractivity contribution in [2.45, 2.75) is 19.3 Å². The molecule has 2 heterocycles. The molecule has 1 aliphatic rings. The number of nitrogens with one attached hydrogen (secondary N) is 1. The Morgan fingerprint density at radius 3 is 3.05 bits per heavy atom. The van der Waals surface area contributed by atoms with Gasteiger partial charge in [0.2, 0.25) is 5.89 Å². The van der Waals surface area contributed by atoms with E-state index in [9.17, 15) is 0 Å². The molecule has 0 amide bonds. The summed E-state index contributed by atoms with van der Waals surface area (Å²) in [5, 5.41) is 3.44. The van der Waals surface area contributed by atoms with Gasteiger partial charge < -0.3 is 9.73 Å². The number of benzene rings is 2. The van der Waals surface area contributed by atoms with Gasteiger partial charge in [0.15, 0.2) is 5.58 Å². The third-order valence-electron chi connectivity index (χ3n) is 3.94. The summed E-state index contributed by atoms with van der Waals surface area (Å²) in [6.07, 6.45) is 1.02. The molecule has 1 aromatic heterocycles. The Labute approximate surface area is 117 Å². The van der Waals surface area contributed by atoms with Crippen molar-refractivity contribution in [3.05, 3.63) is 59.5 Å². The predicted octanol–water partition coefficient (Wildman–Crippen LogP) is 4.08. The van der Waals surface area contributed by atoms with E-state index in [1.807, 2.05) is 6.07 Å². The number of oxazole rings is 1. The quantitative estimate of drug-likeness (QED) is 0.719. The highest BCUT2D eigenvalue weighted by atomic mass is 16.3. The molecule has 0 radical (unpaired) electrons. The minimum Gasteiger partial charge on any atom is -0.440 e. The maximum atomic E-state index is 6.01. The maximum absolute atomic E-state index is 6.01. The van der Waals surface area contributed by atoms with Crippen molar-refractivity contribution in [3.63, 3.8) is 0 Å². The lowest BCUT2D eigenvalue weighted by Gasteiger charge is -2.24. The first-order valence-electron chi connectivity index (χ1n) is 7.01. The molecule has 0 spiro atoms. The number of aromatic nitrogens is 1. The summed E-state index contributed by atoms with van der Waals surface area (Å²) < 4.78 is 6.01. The first kappa shape index (κ1) is 11.5. The fraction of sp³-hybridized carbons (Fsp3) is 0.235.